The fraction of sp³-hybridized carbons (Fsp3) is 0.0588. The van der Waals surface area contributed by atoms with Crippen molar-refractivity contribution in [3.05, 3.63) is 78.4 Å². The number of nitrogens with zero attached hydrogens (tertiary/aromatic N) is 2. The Morgan fingerprint density at radius 3 is 2.15 bits per heavy atom. The third kappa shape index (κ3) is 2.67. The fourth-order valence-electron chi connectivity index (χ4n) is 2.12. The molecular weight excluding hydrogens is 246 g/mol. The molecule has 0 saturated heterocycles. The van der Waals surface area contributed by atoms with Gasteiger partial charge in [0.05, 0.1) is 0 Å². The monoisotopic (exact) mass is 262 g/mol. The summed E-state index contributed by atoms with van der Waals surface area (Å²) in [5.74, 6) is 0.661. The summed E-state index contributed by atoms with van der Waals surface area (Å²) in [5.41, 5.74) is 9.22. The maximum atomic E-state index is 6.02. The lowest BCUT2D eigenvalue weighted by atomic mass is 10.1. The van der Waals surface area contributed by atoms with Crippen LogP contribution in [0.3, 0.4) is 0 Å². The molecule has 0 aliphatic heterocycles. The molecule has 0 spiro atoms. The van der Waals surface area contributed by atoms with Crippen molar-refractivity contribution < 1.29 is 4.68 Å². The molecule has 3 heteroatoms. The van der Waals surface area contributed by atoms with Crippen LogP contribution in [0, 0.1) is 0 Å². The molecule has 2 N–H and O–H groups in total. The van der Waals surface area contributed by atoms with E-state index in [2.05, 4.69) is 17.2 Å². The Morgan fingerprint density at radius 2 is 1.45 bits per heavy atom. The number of nitrogens with two attached hydrogens (primary N) is 1. The first-order valence-corrected chi connectivity index (χ1v) is 6.59. The van der Waals surface area contributed by atoms with Crippen molar-refractivity contribution in [2.45, 2.75) is 6.54 Å². The maximum Gasteiger partial charge on any atom is 0.293 e. The fourth-order valence-corrected chi connectivity index (χ4v) is 2.12. The van der Waals surface area contributed by atoms with E-state index in [1.807, 2.05) is 65.3 Å². The van der Waals surface area contributed by atoms with E-state index in [4.69, 9.17) is 5.73 Å². The highest BCUT2D eigenvalue weighted by Crippen LogP contribution is 2.15. The molecule has 0 amide bonds. The van der Waals surface area contributed by atoms with E-state index in [9.17, 15) is 0 Å². The summed E-state index contributed by atoms with van der Waals surface area (Å²) in [7, 11) is 0. The van der Waals surface area contributed by atoms with Crippen LogP contribution in [0.5, 0.6) is 0 Å². The van der Waals surface area contributed by atoms with Gasteiger partial charge >= 0.3 is 0 Å². The normalized spacial score (nSPS) is 10.4. The van der Waals surface area contributed by atoms with Gasteiger partial charge in [0, 0.05) is 11.6 Å². The van der Waals surface area contributed by atoms with Gasteiger partial charge in [0.25, 0.3) is 5.82 Å². The Labute approximate surface area is 118 Å². The van der Waals surface area contributed by atoms with Crippen molar-refractivity contribution in [1.82, 2.24) is 5.10 Å². The Kier molecular flexibility index (Phi) is 3.42. The van der Waals surface area contributed by atoms with E-state index in [1.54, 1.807) is 0 Å². The van der Waals surface area contributed by atoms with Gasteiger partial charge in [-0.25, -0.2) is 0 Å². The van der Waals surface area contributed by atoms with E-state index in [-0.39, 0.29) is 0 Å². The number of hydrogen-bond donors (Lipinski definition) is 1. The number of nitrogen functional groups attached to an aromatic ring is 1. The number of aromatic nitrogens is 2. The molecular formula is C17H16N3+. The van der Waals surface area contributed by atoms with Crippen LogP contribution in [0.2, 0.25) is 0 Å². The summed E-state index contributed by atoms with van der Waals surface area (Å²) in [4.78, 5) is 0. The lowest BCUT2D eigenvalue weighted by molar-refractivity contribution is -0.731. The Morgan fingerprint density at radius 1 is 0.800 bits per heavy atom. The van der Waals surface area contributed by atoms with Crippen molar-refractivity contribution in [2.24, 2.45) is 0 Å². The second-order valence-corrected chi connectivity index (χ2v) is 4.65. The minimum Gasteiger partial charge on any atom is -0.285 e. The van der Waals surface area contributed by atoms with E-state index < -0.39 is 0 Å². The van der Waals surface area contributed by atoms with Crippen LogP contribution in [0.4, 0.5) is 5.82 Å². The van der Waals surface area contributed by atoms with Gasteiger partial charge in [-0.05, 0) is 11.6 Å². The highest BCUT2D eigenvalue weighted by atomic mass is 15.3. The SMILES string of the molecule is Nc1ccc(-c2ccccc2)n[n+]1Cc1ccccc1. The average Bonchev–Trinajstić information content (AvgIpc) is 2.51. The highest BCUT2D eigenvalue weighted by molar-refractivity contribution is 5.58. The van der Waals surface area contributed by atoms with Crippen LogP contribution < -0.4 is 10.4 Å². The Hall–Kier alpha value is -2.68. The molecule has 0 aliphatic rings. The van der Waals surface area contributed by atoms with E-state index in [1.165, 1.54) is 5.56 Å². The summed E-state index contributed by atoms with van der Waals surface area (Å²) in [6.45, 7) is 0.674. The molecule has 0 unspecified atom stereocenters. The van der Waals surface area contributed by atoms with Gasteiger partial charge in [-0.3, -0.25) is 5.73 Å². The molecule has 1 aromatic heterocycles. The Balaban J connectivity index is 1.95. The van der Waals surface area contributed by atoms with Crippen molar-refractivity contribution in [3.8, 4) is 11.3 Å². The molecule has 0 bridgehead atoms. The van der Waals surface area contributed by atoms with Crippen LogP contribution in [0.25, 0.3) is 11.3 Å². The molecule has 1 heterocycles. The molecule has 0 atom stereocenters. The van der Waals surface area contributed by atoms with Crippen LogP contribution in [0.1, 0.15) is 5.56 Å². The van der Waals surface area contributed by atoms with Gasteiger partial charge in [-0.15, -0.1) is 4.68 Å². The molecule has 2 aromatic carbocycles. The zero-order chi connectivity index (χ0) is 13.8. The zero-order valence-electron chi connectivity index (χ0n) is 11.1. The number of anilines is 1. The number of hydrogen-bond acceptors (Lipinski definition) is 2. The molecule has 20 heavy (non-hydrogen) atoms. The predicted octanol–water partition coefficient (Wildman–Crippen LogP) is 2.67. The van der Waals surface area contributed by atoms with Crippen molar-refractivity contribution in [2.75, 3.05) is 5.73 Å². The lowest BCUT2D eigenvalue weighted by Gasteiger charge is -2.05. The average molecular weight is 262 g/mol. The minimum absolute atomic E-state index is 0.661. The second kappa shape index (κ2) is 5.53. The third-order valence-electron chi connectivity index (χ3n) is 3.18. The summed E-state index contributed by atoms with van der Waals surface area (Å²) < 4.78 is 1.83. The number of rotatable bonds is 3. The molecule has 98 valence electrons. The van der Waals surface area contributed by atoms with E-state index in [0.717, 1.165) is 11.3 Å². The quantitative estimate of drug-likeness (QED) is 0.737. The molecule has 0 fully saturated rings. The summed E-state index contributed by atoms with van der Waals surface area (Å²) in [6, 6.07) is 24.2. The van der Waals surface area contributed by atoms with Gasteiger partial charge in [0.1, 0.15) is 12.2 Å². The van der Waals surface area contributed by atoms with Crippen molar-refractivity contribution in [3.63, 3.8) is 0 Å². The zero-order valence-corrected chi connectivity index (χ0v) is 11.1. The smallest absolute Gasteiger partial charge is 0.285 e. The molecule has 3 rings (SSSR count). The summed E-state index contributed by atoms with van der Waals surface area (Å²) >= 11 is 0. The highest BCUT2D eigenvalue weighted by Gasteiger charge is 2.09. The van der Waals surface area contributed by atoms with Crippen molar-refractivity contribution >= 4 is 5.82 Å². The van der Waals surface area contributed by atoms with Gasteiger partial charge in [-0.2, -0.15) is 0 Å². The topological polar surface area (TPSA) is 42.8 Å². The van der Waals surface area contributed by atoms with E-state index in [0.29, 0.717) is 12.4 Å². The van der Waals surface area contributed by atoms with Gasteiger partial charge in [0.2, 0.25) is 0 Å². The van der Waals surface area contributed by atoms with Gasteiger partial charge in [0.15, 0.2) is 0 Å². The molecule has 3 aromatic rings. The molecule has 3 nitrogen and oxygen atoms in total. The van der Waals surface area contributed by atoms with Crippen LogP contribution >= 0.6 is 0 Å². The second-order valence-electron chi connectivity index (χ2n) is 4.65. The summed E-state index contributed by atoms with van der Waals surface area (Å²) in [5, 5.41) is 4.63. The molecule has 0 aliphatic carbocycles. The third-order valence-corrected chi connectivity index (χ3v) is 3.18. The maximum absolute atomic E-state index is 6.02. The minimum atomic E-state index is 0.661. The standard InChI is InChI=1S/C17H15N3/c18-17-12-11-16(15-9-5-2-6-10-15)19-20(17)13-14-7-3-1-4-8-14/h1-12,18H,13H2/p+1. The van der Waals surface area contributed by atoms with Crippen molar-refractivity contribution in [1.29, 1.82) is 0 Å². The van der Waals surface area contributed by atoms with Crippen LogP contribution in [0.15, 0.2) is 72.8 Å². The first-order valence-electron chi connectivity index (χ1n) is 6.59. The van der Waals surface area contributed by atoms with Crippen LogP contribution in [-0.4, -0.2) is 5.10 Å². The van der Waals surface area contributed by atoms with E-state index >= 15 is 0 Å². The molecule has 0 saturated carbocycles. The summed E-state index contributed by atoms with van der Waals surface area (Å²) in [6.07, 6.45) is 0. The van der Waals surface area contributed by atoms with Gasteiger partial charge < -0.3 is 0 Å². The number of benzene rings is 2. The Bertz CT molecular complexity index is 694. The van der Waals surface area contributed by atoms with Gasteiger partial charge in [-0.1, -0.05) is 65.8 Å². The lowest BCUT2D eigenvalue weighted by Crippen LogP contribution is -2.41. The first kappa shape index (κ1) is 12.4. The molecule has 0 radical (unpaired) electrons. The largest absolute Gasteiger partial charge is 0.293 e. The first-order chi connectivity index (χ1) is 9.83. The van der Waals surface area contributed by atoms with Crippen LogP contribution in [-0.2, 0) is 6.54 Å². The predicted molar refractivity (Wildman–Crippen MR) is 79.8 cm³/mol.